The summed E-state index contributed by atoms with van der Waals surface area (Å²) in [5, 5.41) is 0. The third-order valence-electron chi connectivity index (χ3n) is 3.50. The van der Waals surface area contributed by atoms with Crippen molar-refractivity contribution in [3.05, 3.63) is 0 Å². The zero-order valence-electron chi connectivity index (χ0n) is 15.2. The highest BCUT2D eigenvalue weighted by Crippen LogP contribution is 2.40. The number of nitrogens with two attached hydrogens (primary N) is 1. The second-order valence-electron chi connectivity index (χ2n) is 5.87. The first-order chi connectivity index (χ1) is 11.5. The van der Waals surface area contributed by atoms with E-state index < -0.39 is 21.2 Å². The monoisotopic (exact) mass is 443 g/mol. The standard InChI is InChI=1S/C13H29N.CH4Cl2O6P2/c1-4-7-10-13(14,11-8-5-2)12-9-6-3;2-1(3,8-10(4)5)9-11(6)7/h4-12,14H2,1-3H3;10-11H,(H,4,5)(H,6,7). The van der Waals surface area contributed by atoms with Crippen LogP contribution in [-0.4, -0.2) is 20.0 Å². The molecule has 2 atom stereocenters. The topological polar surface area (TPSA) is 119 Å². The summed E-state index contributed by atoms with van der Waals surface area (Å²) in [6, 6.07) is 0. The molecular formula is C14H33Cl2NO6P2. The fourth-order valence-corrected chi connectivity index (χ4v) is 3.55. The van der Waals surface area contributed by atoms with Gasteiger partial charge >= 0.3 is 21.2 Å². The Labute approximate surface area is 162 Å². The molecule has 0 aliphatic carbocycles. The van der Waals surface area contributed by atoms with E-state index in [1.54, 1.807) is 0 Å². The number of hydrogen-bond donors (Lipinski definition) is 3. The van der Waals surface area contributed by atoms with Gasteiger partial charge in [-0.1, -0.05) is 59.3 Å². The molecule has 0 aromatic carbocycles. The Balaban J connectivity index is 0. The molecule has 154 valence electrons. The van der Waals surface area contributed by atoms with E-state index in [1.807, 2.05) is 0 Å². The van der Waals surface area contributed by atoms with Gasteiger partial charge in [0.1, 0.15) is 0 Å². The highest BCUT2D eigenvalue weighted by atomic mass is 35.5. The van der Waals surface area contributed by atoms with Crippen LogP contribution in [0, 0.1) is 0 Å². The van der Waals surface area contributed by atoms with E-state index >= 15 is 0 Å². The Kier molecular flexibility index (Phi) is 17.8. The molecule has 7 nitrogen and oxygen atoms in total. The van der Waals surface area contributed by atoms with Gasteiger partial charge in [-0.05, 0) is 42.5 Å². The summed E-state index contributed by atoms with van der Waals surface area (Å²) in [7, 11) is -6.82. The summed E-state index contributed by atoms with van der Waals surface area (Å²) >= 11 is 9.96. The van der Waals surface area contributed by atoms with Gasteiger partial charge in [0.05, 0.1) is 0 Å². The average Bonchev–Trinajstić information content (AvgIpc) is 2.47. The van der Waals surface area contributed by atoms with Crippen molar-refractivity contribution in [1.82, 2.24) is 0 Å². The first-order valence-electron chi connectivity index (χ1n) is 8.52. The Morgan fingerprint density at radius 2 is 1.12 bits per heavy atom. The molecule has 0 radical (unpaired) electrons. The number of unbranched alkanes of at least 4 members (excludes halogenated alkanes) is 3. The van der Waals surface area contributed by atoms with Gasteiger partial charge in [-0.15, -0.1) is 0 Å². The van der Waals surface area contributed by atoms with E-state index in [1.165, 1.54) is 57.8 Å². The summed E-state index contributed by atoms with van der Waals surface area (Å²) in [6.07, 6.45) is 11.4. The molecule has 0 bridgehead atoms. The fraction of sp³-hybridized carbons (Fsp3) is 1.00. The first-order valence-corrected chi connectivity index (χ1v) is 11.8. The van der Waals surface area contributed by atoms with Crippen molar-refractivity contribution < 1.29 is 28.0 Å². The van der Waals surface area contributed by atoms with E-state index in [2.05, 4.69) is 29.8 Å². The van der Waals surface area contributed by atoms with Crippen molar-refractivity contribution in [1.29, 1.82) is 0 Å². The molecule has 0 fully saturated rings. The van der Waals surface area contributed by atoms with Crippen molar-refractivity contribution in [3.8, 4) is 0 Å². The van der Waals surface area contributed by atoms with Crippen LogP contribution in [0.5, 0.6) is 0 Å². The molecule has 0 rings (SSSR count). The zero-order valence-corrected chi connectivity index (χ0v) is 18.7. The molecule has 4 N–H and O–H groups in total. The summed E-state index contributed by atoms with van der Waals surface area (Å²) in [5.41, 5.74) is 6.61. The predicted molar refractivity (Wildman–Crippen MR) is 105 cm³/mol. The lowest BCUT2D eigenvalue weighted by Crippen LogP contribution is -2.39. The smallest absolute Gasteiger partial charge is 0.326 e. The summed E-state index contributed by atoms with van der Waals surface area (Å²) < 4.78 is 25.0. The van der Waals surface area contributed by atoms with Gasteiger partial charge in [0.2, 0.25) is 0 Å². The van der Waals surface area contributed by atoms with Crippen LogP contribution >= 0.6 is 39.7 Å². The molecule has 0 saturated heterocycles. The normalized spacial score (nSPS) is 14.6. The van der Waals surface area contributed by atoms with Crippen molar-refractivity contribution in [2.75, 3.05) is 0 Å². The lowest BCUT2D eigenvalue weighted by atomic mass is 9.84. The molecule has 0 saturated carbocycles. The summed E-state index contributed by atoms with van der Waals surface area (Å²) in [5.74, 6) is 0. The van der Waals surface area contributed by atoms with Crippen LogP contribution in [-0.2, 0) is 18.2 Å². The lowest BCUT2D eigenvalue weighted by molar-refractivity contribution is 0.0328. The molecule has 0 heterocycles. The van der Waals surface area contributed by atoms with Gasteiger partial charge in [-0.25, -0.2) is 9.05 Å². The van der Waals surface area contributed by atoms with Crippen molar-refractivity contribution in [2.24, 2.45) is 5.73 Å². The van der Waals surface area contributed by atoms with E-state index in [0.29, 0.717) is 0 Å². The second kappa shape index (κ2) is 15.9. The number of hydrogen-bond acceptors (Lipinski definition) is 5. The van der Waals surface area contributed by atoms with Crippen LogP contribution in [0.25, 0.3) is 0 Å². The Morgan fingerprint density at radius 1 is 0.840 bits per heavy atom. The molecule has 11 heteroatoms. The molecule has 0 spiro atoms. The van der Waals surface area contributed by atoms with E-state index in [0.717, 1.165) is 0 Å². The largest absolute Gasteiger partial charge is 0.345 e. The SMILES string of the molecule is CCCCC(N)(CCCC)CCCC.O=[PH](O)OC(Cl)(Cl)O[PH](=O)O. The maximum atomic E-state index is 9.94. The van der Waals surface area contributed by atoms with E-state index in [-0.39, 0.29) is 5.54 Å². The van der Waals surface area contributed by atoms with Crippen LogP contribution in [0.15, 0.2) is 0 Å². The Hall–Kier alpha value is 0.840. The summed E-state index contributed by atoms with van der Waals surface area (Å²) in [6.45, 7) is 6.75. The highest BCUT2D eigenvalue weighted by molar-refractivity contribution is 7.33. The minimum absolute atomic E-state index is 0.155. The molecule has 0 aliphatic heterocycles. The van der Waals surface area contributed by atoms with Gasteiger partial charge < -0.3 is 15.5 Å². The van der Waals surface area contributed by atoms with Crippen LogP contribution in [0.2, 0.25) is 0 Å². The first kappa shape index (κ1) is 28.1. The molecule has 0 amide bonds. The van der Waals surface area contributed by atoms with Crippen LogP contribution in [0.3, 0.4) is 0 Å². The number of rotatable bonds is 13. The van der Waals surface area contributed by atoms with Gasteiger partial charge in [-0.3, -0.25) is 9.13 Å². The molecule has 0 aromatic heterocycles. The third-order valence-corrected chi connectivity index (χ3v) is 5.25. The Bertz CT molecular complexity index is 349. The molecule has 2 unspecified atom stereocenters. The minimum Gasteiger partial charge on any atom is -0.326 e. The predicted octanol–water partition coefficient (Wildman–Crippen LogP) is 5.13. The quantitative estimate of drug-likeness (QED) is 0.205. The fourth-order valence-electron chi connectivity index (χ4n) is 2.19. The Morgan fingerprint density at radius 3 is 1.32 bits per heavy atom. The lowest BCUT2D eigenvalue weighted by Gasteiger charge is -2.29. The summed E-state index contributed by atoms with van der Waals surface area (Å²) in [4.78, 5) is 16.2. The van der Waals surface area contributed by atoms with Gasteiger partial charge in [-0.2, -0.15) is 0 Å². The van der Waals surface area contributed by atoms with Gasteiger partial charge in [0.15, 0.2) is 0 Å². The molecule has 25 heavy (non-hydrogen) atoms. The minimum atomic E-state index is -3.41. The van der Waals surface area contributed by atoms with Crippen molar-refractivity contribution in [3.63, 3.8) is 0 Å². The van der Waals surface area contributed by atoms with Crippen molar-refractivity contribution in [2.45, 2.75) is 88.8 Å². The maximum absolute atomic E-state index is 9.94. The molecular weight excluding hydrogens is 411 g/mol. The number of halogens is 2. The molecule has 0 aliphatic rings. The van der Waals surface area contributed by atoms with Gasteiger partial charge in [0.25, 0.3) is 0 Å². The zero-order chi connectivity index (χ0) is 19.9. The van der Waals surface area contributed by atoms with E-state index in [9.17, 15) is 9.13 Å². The third kappa shape index (κ3) is 19.4. The highest BCUT2D eigenvalue weighted by Gasteiger charge is 2.30. The maximum Gasteiger partial charge on any atom is 0.345 e. The average molecular weight is 444 g/mol. The van der Waals surface area contributed by atoms with Crippen LogP contribution in [0.4, 0.5) is 0 Å². The second-order valence-corrected chi connectivity index (χ2v) is 8.53. The van der Waals surface area contributed by atoms with Crippen LogP contribution < -0.4 is 5.73 Å². The van der Waals surface area contributed by atoms with Crippen LogP contribution in [0.1, 0.15) is 78.6 Å². The number of alkyl halides is 2. The van der Waals surface area contributed by atoms with Gasteiger partial charge in [0, 0.05) is 5.54 Å². The van der Waals surface area contributed by atoms with E-state index in [4.69, 9.17) is 38.7 Å². The van der Waals surface area contributed by atoms with Crippen molar-refractivity contribution >= 4 is 39.7 Å². The molecule has 0 aromatic rings.